The zero-order valence-electron chi connectivity index (χ0n) is 11.6. The molecule has 3 atom stereocenters. The maximum absolute atomic E-state index is 3.43. The number of hydrogen-bond donors (Lipinski definition) is 1. The number of rotatable bonds is 2. The van der Waals surface area contributed by atoms with Gasteiger partial charge in [-0.15, -0.1) is 0 Å². The molecule has 1 heteroatoms. The van der Waals surface area contributed by atoms with E-state index >= 15 is 0 Å². The lowest BCUT2D eigenvalue weighted by molar-refractivity contribution is 0.227. The molecule has 0 aliphatic heterocycles. The van der Waals surface area contributed by atoms with Crippen LogP contribution in [0.1, 0.15) is 44.1 Å². The second-order valence-corrected chi connectivity index (χ2v) is 6.61. The van der Waals surface area contributed by atoms with Crippen LogP contribution in [0.2, 0.25) is 0 Å². The fraction of sp³-hybridized carbons (Fsp3) is 0.556. The van der Waals surface area contributed by atoms with E-state index in [0.717, 1.165) is 17.8 Å². The van der Waals surface area contributed by atoms with Gasteiger partial charge in [0.05, 0.1) is 0 Å². The monoisotopic (exact) mass is 253 g/mol. The third kappa shape index (κ3) is 2.00. The summed E-state index contributed by atoms with van der Waals surface area (Å²) in [5, 5.41) is 1.45. The van der Waals surface area contributed by atoms with Crippen molar-refractivity contribution in [1.82, 2.24) is 4.98 Å². The highest BCUT2D eigenvalue weighted by Crippen LogP contribution is 2.47. The van der Waals surface area contributed by atoms with Crippen LogP contribution < -0.4 is 0 Å². The first kappa shape index (κ1) is 11.6. The Kier molecular flexibility index (Phi) is 2.86. The quantitative estimate of drug-likeness (QED) is 0.781. The fourth-order valence-electron chi connectivity index (χ4n) is 4.69. The van der Waals surface area contributed by atoms with E-state index < -0.39 is 0 Å². The highest BCUT2D eigenvalue weighted by Gasteiger charge is 2.37. The number of aromatic amines is 1. The van der Waals surface area contributed by atoms with Crippen molar-refractivity contribution in [3.05, 3.63) is 36.0 Å². The third-order valence-electron chi connectivity index (χ3n) is 5.64. The van der Waals surface area contributed by atoms with Crippen molar-refractivity contribution < 1.29 is 0 Å². The van der Waals surface area contributed by atoms with E-state index in [0.29, 0.717) is 0 Å². The lowest BCUT2D eigenvalue weighted by atomic mass is 9.76. The minimum absolute atomic E-state index is 0.949. The Morgan fingerprint density at radius 2 is 1.89 bits per heavy atom. The van der Waals surface area contributed by atoms with Gasteiger partial charge in [0.25, 0.3) is 0 Å². The van der Waals surface area contributed by atoms with Crippen molar-refractivity contribution in [2.75, 3.05) is 0 Å². The number of aromatic nitrogens is 1. The second-order valence-electron chi connectivity index (χ2n) is 6.61. The first-order valence-corrected chi connectivity index (χ1v) is 7.97. The smallest absolute Gasteiger partial charge is 0.0456 e. The van der Waals surface area contributed by atoms with E-state index in [1.165, 1.54) is 55.8 Å². The summed E-state index contributed by atoms with van der Waals surface area (Å²) >= 11 is 0. The van der Waals surface area contributed by atoms with Crippen molar-refractivity contribution in [2.45, 2.75) is 44.9 Å². The second kappa shape index (κ2) is 4.70. The van der Waals surface area contributed by atoms with Gasteiger partial charge in [-0.25, -0.2) is 0 Å². The Labute approximate surface area is 115 Å². The molecular formula is C18H23N. The van der Waals surface area contributed by atoms with Crippen LogP contribution in [0.25, 0.3) is 10.9 Å². The molecule has 2 saturated carbocycles. The molecule has 2 aliphatic rings. The number of para-hydroxylation sites is 1. The molecule has 1 nitrogen and oxygen atoms in total. The first-order valence-electron chi connectivity index (χ1n) is 7.97. The molecule has 100 valence electrons. The van der Waals surface area contributed by atoms with E-state index in [2.05, 4.69) is 35.4 Å². The van der Waals surface area contributed by atoms with Crippen LogP contribution in [0.5, 0.6) is 0 Å². The number of hydrogen-bond acceptors (Lipinski definition) is 0. The molecule has 1 heterocycles. The van der Waals surface area contributed by atoms with Crippen LogP contribution in [-0.2, 0) is 6.42 Å². The molecular weight excluding hydrogens is 230 g/mol. The molecule has 19 heavy (non-hydrogen) atoms. The summed E-state index contributed by atoms with van der Waals surface area (Å²) in [5.41, 5.74) is 2.85. The van der Waals surface area contributed by atoms with Gasteiger partial charge in [0, 0.05) is 17.1 Å². The molecule has 1 aromatic heterocycles. The summed E-state index contributed by atoms with van der Waals surface area (Å²) in [5.74, 6) is 3.04. The number of benzene rings is 1. The molecule has 0 amide bonds. The molecule has 2 aliphatic carbocycles. The molecule has 0 bridgehead atoms. The predicted molar refractivity (Wildman–Crippen MR) is 80.2 cm³/mol. The molecule has 2 aromatic rings. The maximum Gasteiger partial charge on any atom is 0.0456 e. The Morgan fingerprint density at radius 1 is 1.00 bits per heavy atom. The normalized spacial score (nSPS) is 30.6. The molecule has 1 N–H and O–H groups in total. The Balaban J connectivity index is 1.58. The van der Waals surface area contributed by atoms with E-state index in [9.17, 15) is 0 Å². The minimum Gasteiger partial charge on any atom is -0.361 e. The molecule has 2 fully saturated rings. The highest BCUT2D eigenvalue weighted by molar-refractivity contribution is 5.83. The maximum atomic E-state index is 3.43. The number of fused-ring (bicyclic) bond motifs is 2. The zero-order chi connectivity index (χ0) is 12.7. The summed E-state index contributed by atoms with van der Waals surface area (Å²) in [6.45, 7) is 0. The van der Waals surface area contributed by atoms with Gasteiger partial charge in [-0.3, -0.25) is 0 Å². The number of H-pyrrole nitrogens is 1. The Bertz CT molecular complexity index is 568. The van der Waals surface area contributed by atoms with Crippen LogP contribution in [0.4, 0.5) is 0 Å². The summed E-state index contributed by atoms with van der Waals surface area (Å²) < 4.78 is 0. The zero-order valence-corrected chi connectivity index (χ0v) is 11.6. The average Bonchev–Trinajstić information content (AvgIpc) is 3.05. The van der Waals surface area contributed by atoms with Gasteiger partial charge in [0.15, 0.2) is 0 Å². The van der Waals surface area contributed by atoms with Gasteiger partial charge in [-0.2, -0.15) is 0 Å². The summed E-state index contributed by atoms with van der Waals surface area (Å²) in [6, 6.07) is 8.75. The van der Waals surface area contributed by atoms with Crippen LogP contribution >= 0.6 is 0 Å². The molecule has 3 unspecified atom stereocenters. The van der Waals surface area contributed by atoms with Crippen molar-refractivity contribution in [3.8, 4) is 0 Å². The topological polar surface area (TPSA) is 15.8 Å². The standard InChI is InChI=1S/C18H23N/c1-2-6-16-13(5-1)9-10-14(16)11-15-12-19-18-8-4-3-7-17(15)18/h3-4,7-8,12-14,16,19H,1-2,5-6,9-11H2. The van der Waals surface area contributed by atoms with Gasteiger partial charge in [0.2, 0.25) is 0 Å². The van der Waals surface area contributed by atoms with Crippen LogP contribution in [0.15, 0.2) is 30.5 Å². The van der Waals surface area contributed by atoms with Crippen molar-refractivity contribution >= 4 is 10.9 Å². The SMILES string of the molecule is c1ccc2c(CC3CCC4CCCCC43)c[nH]c2c1. The van der Waals surface area contributed by atoms with Gasteiger partial charge < -0.3 is 4.98 Å². The van der Waals surface area contributed by atoms with Gasteiger partial charge in [-0.05, 0) is 55.1 Å². The summed E-state index contributed by atoms with van der Waals surface area (Å²) in [7, 11) is 0. The molecule has 4 rings (SSSR count). The van der Waals surface area contributed by atoms with Crippen molar-refractivity contribution in [1.29, 1.82) is 0 Å². The molecule has 0 saturated heterocycles. The lowest BCUT2D eigenvalue weighted by Gasteiger charge is -2.29. The third-order valence-corrected chi connectivity index (χ3v) is 5.64. The van der Waals surface area contributed by atoms with Crippen LogP contribution in [0, 0.1) is 17.8 Å². The first-order chi connectivity index (χ1) is 9.42. The van der Waals surface area contributed by atoms with E-state index in [1.807, 2.05) is 0 Å². The van der Waals surface area contributed by atoms with Crippen molar-refractivity contribution in [3.63, 3.8) is 0 Å². The van der Waals surface area contributed by atoms with E-state index in [4.69, 9.17) is 0 Å². The highest BCUT2D eigenvalue weighted by atomic mass is 14.7. The lowest BCUT2D eigenvalue weighted by Crippen LogP contribution is -2.20. The van der Waals surface area contributed by atoms with Gasteiger partial charge >= 0.3 is 0 Å². The Morgan fingerprint density at radius 3 is 2.89 bits per heavy atom. The molecule has 0 spiro atoms. The average molecular weight is 253 g/mol. The fourth-order valence-corrected chi connectivity index (χ4v) is 4.69. The van der Waals surface area contributed by atoms with Gasteiger partial charge in [0.1, 0.15) is 0 Å². The van der Waals surface area contributed by atoms with Crippen LogP contribution in [-0.4, -0.2) is 4.98 Å². The van der Waals surface area contributed by atoms with Crippen molar-refractivity contribution in [2.24, 2.45) is 17.8 Å². The predicted octanol–water partition coefficient (Wildman–Crippen LogP) is 4.93. The van der Waals surface area contributed by atoms with Gasteiger partial charge in [-0.1, -0.05) is 37.5 Å². The Hall–Kier alpha value is -1.24. The van der Waals surface area contributed by atoms with E-state index in [1.54, 1.807) is 5.56 Å². The molecule has 0 radical (unpaired) electrons. The van der Waals surface area contributed by atoms with Crippen LogP contribution in [0.3, 0.4) is 0 Å². The van der Waals surface area contributed by atoms with E-state index in [-0.39, 0.29) is 0 Å². The summed E-state index contributed by atoms with van der Waals surface area (Å²) in [4.78, 5) is 3.43. The number of nitrogens with one attached hydrogen (secondary N) is 1. The summed E-state index contributed by atoms with van der Waals surface area (Å²) in [6.07, 6.45) is 12.5. The largest absolute Gasteiger partial charge is 0.361 e. The minimum atomic E-state index is 0.949. The molecule has 1 aromatic carbocycles.